The topological polar surface area (TPSA) is 113 Å². The first-order valence-corrected chi connectivity index (χ1v) is 13.1. The predicted octanol–water partition coefficient (Wildman–Crippen LogP) is 4.22. The summed E-state index contributed by atoms with van der Waals surface area (Å²) >= 11 is 8.17. The number of carbonyl (C=O) groups is 2. The summed E-state index contributed by atoms with van der Waals surface area (Å²) in [5.74, 6) is -0.380. The highest BCUT2D eigenvalue weighted by molar-refractivity contribution is 7.19. The number of amides is 2. The molecule has 1 aliphatic carbocycles. The Kier molecular flexibility index (Phi) is 7.05. The summed E-state index contributed by atoms with van der Waals surface area (Å²) in [4.78, 5) is 36.0. The first-order valence-electron chi connectivity index (χ1n) is 11.9. The van der Waals surface area contributed by atoms with Gasteiger partial charge in [-0.3, -0.25) is 14.6 Å². The molecule has 1 aliphatic rings. The molecular weight excluding hydrogens is 512 g/mol. The molecule has 3 heterocycles. The maximum atomic E-state index is 12.9. The zero-order chi connectivity index (χ0) is 26.1. The van der Waals surface area contributed by atoms with Crippen molar-refractivity contribution < 1.29 is 14.7 Å². The molecule has 3 aromatic heterocycles. The summed E-state index contributed by atoms with van der Waals surface area (Å²) in [6.45, 7) is 3.94. The Balaban J connectivity index is 1.65. The van der Waals surface area contributed by atoms with Gasteiger partial charge in [-0.1, -0.05) is 22.9 Å². The van der Waals surface area contributed by atoms with Gasteiger partial charge in [-0.05, 0) is 50.1 Å². The van der Waals surface area contributed by atoms with E-state index >= 15 is 0 Å². The number of anilines is 1. The average Bonchev–Trinajstić information content (AvgIpc) is 3.48. The number of aliphatic hydroxyl groups excluding tert-OH is 1. The van der Waals surface area contributed by atoms with E-state index in [4.69, 9.17) is 16.7 Å². The molecule has 2 amide bonds. The third-order valence-corrected chi connectivity index (χ3v) is 7.51. The van der Waals surface area contributed by atoms with Gasteiger partial charge in [0.15, 0.2) is 5.13 Å². The number of thiazole rings is 1. The van der Waals surface area contributed by atoms with Crippen LogP contribution in [0.5, 0.6) is 0 Å². The minimum Gasteiger partial charge on any atom is -0.395 e. The highest BCUT2D eigenvalue weighted by Gasteiger charge is 2.30. The Morgan fingerprint density at radius 1 is 1.27 bits per heavy atom. The maximum absolute atomic E-state index is 12.9. The van der Waals surface area contributed by atoms with E-state index in [0.29, 0.717) is 27.9 Å². The van der Waals surface area contributed by atoms with Crippen LogP contribution in [0.25, 0.3) is 27.5 Å². The Hall–Kier alpha value is -3.60. The highest BCUT2D eigenvalue weighted by atomic mass is 35.5. The normalized spacial score (nSPS) is 12.1. The van der Waals surface area contributed by atoms with Crippen molar-refractivity contribution in [2.75, 3.05) is 25.0 Å². The second-order valence-corrected chi connectivity index (χ2v) is 9.99. The van der Waals surface area contributed by atoms with Crippen LogP contribution in [0, 0.1) is 0 Å². The number of nitrogens with zero attached hydrogens (tertiary/aromatic N) is 5. The Morgan fingerprint density at radius 2 is 2.11 bits per heavy atom. The molecule has 0 unspecified atom stereocenters. The van der Waals surface area contributed by atoms with Gasteiger partial charge < -0.3 is 15.3 Å². The maximum Gasteiger partial charge on any atom is 0.253 e. The Labute approximate surface area is 222 Å². The fourth-order valence-corrected chi connectivity index (χ4v) is 5.88. The van der Waals surface area contributed by atoms with Crippen LogP contribution in [-0.2, 0) is 17.6 Å². The van der Waals surface area contributed by atoms with E-state index in [9.17, 15) is 14.7 Å². The van der Waals surface area contributed by atoms with Gasteiger partial charge >= 0.3 is 0 Å². The van der Waals surface area contributed by atoms with Gasteiger partial charge in [0.25, 0.3) is 5.91 Å². The van der Waals surface area contributed by atoms with Crippen LogP contribution in [0.2, 0.25) is 5.02 Å². The van der Waals surface area contributed by atoms with Crippen molar-refractivity contribution in [1.82, 2.24) is 24.6 Å². The van der Waals surface area contributed by atoms with E-state index < -0.39 is 0 Å². The van der Waals surface area contributed by atoms with E-state index in [1.54, 1.807) is 40.2 Å². The van der Waals surface area contributed by atoms with Gasteiger partial charge in [0.1, 0.15) is 0 Å². The van der Waals surface area contributed by atoms with Gasteiger partial charge in [-0.2, -0.15) is 5.10 Å². The lowest BCUT2D eigenvalue weighted by molar-refractivity contribution is -0.114. The van der Waals surface area contributed by atoms with Crippen LogP contribution in [0.4, 0.5) is 5.13 Å². The molecule has 0 atom stereocenters. The van der Waals surface area contributed by atoms with Crippen LogP contribution in [-0.4, -0.2) is 61.3 Å². The number of nitrogens with one attached hydrogen (secondary N) is 1. The molecule has 2 N–H and O–H groups in total. The molecule has 9 nitrogen and oxygen atoms in total. The molecule has 5 rings (SSSR count). The van der Waals surface area contributed by atoms with Gasteiger partial charge in [-0.25, -0.2) is 9.67 Å². The Morgan fingerprint density at radius 3 is 2.78 bits per heavy atom. The van der Waals surface area contributed by atoms with Gasteiger partial charge in [0.2, 0.25) is 5.91 Å². The first-order chi connectivity index (χ1) is 17.9. The second kappa shape index (κ2) is 10.4. The lowest BCUT2D eigenvalue weighted by atomic mass is 9.95. The number of rotatable bonds is 7. The highest BCUT2D eigenvalue weighted by Crippen LogP contribution is 2.44. The van der Waals surface area contributed by atoms with E-state index in [2.05, 4.69) is 15.3 Å². The molecular formula is C26H25ClN6O3S. The molecule has 0 saturated carbocycles. The average molecular weight is 537 g/mol. The van der Waals surface area contributed by atoms with Crippen molar-refractivity contribution in [3.8, 4) is 27.5 Å². The van der Waals surface area contributed by atoms with Crippen LogP contribution in [0.15, 0.2) is 42.7 Å². The van der Waals surface area contributed by atoms with Gasteiger partial charge in [0, 0.05) is 49.1 Å². The molecule has 1 aromatic carbocycles. The third kappa shape index (κ3) is 4.75. The number of aryl methyl sites for hydroxylation is 1. The van der Waals surface area contributed by atoms with Crippen LogP contribution >= 0.6 is 22.9 Å². The standard InChI is InChI=1S/C26H25ClN6O3S/c1-3-32(11-12-34)25(36)16-6-9-21(19(27)13-16)33-23-18(22(31-33)17-5-4-10-28-14-17)7-8-20-24(23)37-26(30-20)29-15(2)35/h4-6,9-10,13-14,34H,3,7-8,11-12H2,1-2H3,(H,29,30,35). The van der Waals surface area contributed by atoms with Crippen LogP contribution in [0.3, 0.4) is 0 Å². The number of pyridine rings is 1. The van der Waals surface area contributed by atoms with Crippen molar-refractivity contribution in [2.24, 2.45) is 0 Å². The largest absolute Gasteiger partial charge is 0.395 e. The fraction of sp³-hybridized carbons (Fsp3) is 0.269. The minimum absolute atomic E-state index is 0.112. The molecule has 0 spiro atoms. The number of benzene rings is 1. The van der Waals surface area contributed by atoms with Crippen molar-refractivity contribution in [2.45, 2.75) is 26.7 Å². The van der Waals surface area contributed by atoms with Crippen molar-refractivity contribution in [3.05, 3.63) is 64.6 Å². The molecule has 4 aromatic rings. The van der Waals surface area contributed by atoms with Gasteiger partial charge in [-0.15, -0.1) is 0 Å². The number of hydrogen-bond acceptors (Lipinski definition) is 7. The first kappa shape index (κ1) is 25.1. The second-order valence-electron chi connectivity index (χ2n) is 8.58. The number of carbonyl (C=O) groups excluding carboxylic acids is 2. The quantitative estimate of drug-likeness (QED) is 0.365. The summed E-state index contributed by atoms with van der Waals surface area (Å²) in [6.07, 6.45) is 4.94. The Bertz CT molecular complexity index is 1480. The summed E-state index contributed by atoms with van der Waals surface area (Å²) < 4.78 is 1.80. The molecule has 0 radical (unpaired) electrons. The molecule has 0 saturated heterocycles. The number of likely N-dealkylation sites (N-methyl/N-ethyl adjacent to an activating group) is 1. The number of halogens is 1. The molecule has 11 heteroatoms. The van der Waals surface area contributed by atoms with Crippen LogP contribution in [0.1, 0.15) is 35.5 Å². The van der Waals surface area contributed by atoms with Crippen molar-refractivity contribution in [1.29, 1.82) is 0 Å². The van der Waals surface area contributed by atoms with E-state index in [-0.39, 0.29) is 25.0 Å². The molecule has 0 aliphatic heterocycles. The summed E-state index contributed by atoms with van der Waals surface area (Å²) in [7, 11) is 0. The number of fused-ring (bicyclic) bond motifs is 3. The number of aromatic nitrogens is 4. The zero-order valence-electron chi connectivity index (χ0n) is 20.4. The van der Waals surface area contributed by atoms with E-state index in [1.807, 2.05) is 19.1 Å². The number of hydrogen-bond donors (Lipinski definition) is 2. The molecule has 190 valence electrons. The molecule has 37 heavy (non-hydrogen) atoms. The smallest absolute Gasteiger partial charge is 0.253 e. The van der Waals surface area contributed by atoms with E-state index in [0.717, 1.165) is 45.9 Å². The SMILES string of the molecule is CCN(CCO)C(=O)c1ccc(-n2nc(-c3cccnc3)c3c2-c2sc(NC(C)=O)nc2CC3)c(Cl)c1. The minimum atomic E-state index is -0.201. The lowest BCUT2D eigenvalue weighted by Gasteiger charge is -2.20. The predicted molar refractivity (Wildman–Crippen MR) is 143 cm³/mol. The molecule has 0 fully saturated rings. The lowest BCUT2D eigenvalue weighted by Crippen LogP contribution is -2.33. The van der Waals surface area contributed by atoms with E-state index in [1.165, 1.54) is 18.3 Å². The summed E-state index contributed by atoms with van der Waals surface area (Å²) in [5.41, 5.74) is 5.56. The van der Waals surface area contributed by atoms with Crippen molar-refractivity contribution in [3.63, 3.8) is 0 Å². The third-order valence-electron chi connectivity index (χ3n) is 6.19. The van der Waals surface area contributed by atoms with Crippen LogP contribution < -0.4 is 5.32 Å². The van der Waals surface area contributed by atoms with Gasteiger partial charge in [0.05, 0.1) is 39.3 Å². The fourth-order valence-electron chi connectivity index (χ4n) is 4.50. The summed E-state index contributed by atoms with van der Waals surface area (Å²) in [5, 5.41) is 18.0. The van der Waals surface area contributed by atoms with Crippen molar-refractivity contribution >= 4 is 39.9 Å². The monoisotopic (exact) mass is 536 g/mol. The number of aliphatic hydroxyl groups is 1. The zero-order valence-corrected chi connectivity index (χ0v) is 21.9. The molecule has 0 bridgehead atoms. The summed E-state index contributed by atoms with van der Waals surface area (Å²) in [6, 6.07) is 8.98.